The molecule has 0 bridgehead atoms. The van der Waals surface area contributed by atoms with Crippen LogP contribution >= 0.6 is 0 Å². The molecule has 2 aromatic heterocycles. The second-order valence-electron chi connectivity index (χ2n) is 3.18. The lowest BCUT2D eigenvalue weighted by Gasteiger charge is -2.03. The number of nitrogens with one attached hydrogen (secondary N) is 1. The molecule has 7 nitrogen and oxygen atoms in total. The molecule has 0 fully saturated rings. The van der Waals surface area contributed by atoms with Crippen molar-refractivity contribution in [1.29, 1.82) is 0 Å². The molecule has 16 heavy (non-hydrogen) atoms. The predicted molar refractivity (Wildman–Crippen MR) is 58.2 cm³/mol. The maximum Gasteiger partial charge on any atom is 0.280 e. The first-order valence-electron chi connectivity index (χ1n) is 4.86. The summed E-state index contributed by atoms with van der Waals surface area (Å²) in [5.41, 5.74) is 5.30. The lowest BCUT2D eigenvalue weighted by atomic mass is 10.5. The smallest absolute Gasteiger partial charge is 0.280 e. The summed E-state index contributed by atoms with van der Waals surface area (Å²) in [6.07, 6.45) is 2.28. The molecule has 0 aromatic carbocycles. The highest BCUT2D eigenvalue weighted by Crippen LogP contribution is 2.08. The highest BCUT2D eigenvalue weighted by atomic mass is 16.5. The molecule has 0 atom stereocenters. The monoisotopic (exact) mass is 221 g/mol. The van der Waals surface area contributed by atoms with E-state index < -0.39 is 5.56 Å². The van der Waals surface area contributed by atoms with E-state index in [-0.39, 0.29) is 17.1 Å². The van der Waals surface area contributed by atoms with Gasteiger partial charge in [-0.2, -0.15) is 4.98 Å². The number of nitrogens with two attached hydrogens (primary N) is 1. The van der Waals surface area contributed by atoms with E-state index in [1.807, 2.05) is 6.92 Å². The Morgan fingerprint density at radius 2 is 2.31 bits per heavy atom. The summed E-state index contributed by atoms with van der Waals surface area (Å²) in [5, 5.41) is 0. The summed E-state index contributed by atoms with van der Waals surface area (Å²) in [4.78, 5) is 25.7. The molecule has 3 N–H and O–H groups in total. The zero-order valence-corrected chi connectivity index (χ0v) is 8.73. The summed E-state index contributed by atoms with van der Waals surface area (Å²) in [6, 6.07) is 0. The largest absolute Gasteiger partial charge is 0.477 e. The van der Waals surface area contributed by atoms with Gasteiger partial charge in [-0.15, -0.1) is 0 Å². The number of anilines is 1. The van der Waals surface area contributed by atoms with Crippen molar-refractivity contribution in [3.63, 3.8) is 0 Å². The third-order valence-electron chi connectivity index (χ3n) is 1.87. The molecule has 0 aliphatic heterocycles. The van der Waals surface area contributed by atoms with Crippen LogP contribution in [-0.4, -0.2) is 26.5 Å². The third kappa shape index (κ3) is 1.92. The number of aromatic nitrogens is 4. The molecule has 0 saturated heterocycles. The van der Waals surface area contributed by atoms with Crippen LogP contribution in [0.25, 0.3) is 11.2 Å². The Balaban J connectivity index is 2.49. The Morgan fingerprint density at radius 1 is 1.50 bits per heavy atom. The van der Waals surface area contributed by atoms with Gasteiger partial charge in [-0.05, 0) is 6.42 Å². The maximum atomic E-state index is 11.5. The zero-order chi connectivity index (χ0) is 11.5. The summed E-state index contributed by atoms with van der Waals surface area (Å²) in [6.45, 7) is 2.50. The van der Waals surface area contributed by atoms with Gasteiger partial charge in [0.1, 0.15) is 0 Å². The Labute approximate surface area is 90.7 Å². The van der Waals surface area contributed by atoms with Crippen molar-refractivity contribution in [2.45, 2.75) is 13.3 Å². The van der Waals surface area contributed by atoms with Crippen molar-refractivity contribution < 1.29 is 4.74 Å². The summed E-state index contributed by atoms with van der Waals surface area (Å²) >= 11 is 0. The standard InChI is InChI=1S/C9H11N5O2/c1-2-3-16-5-4-11-7-6(12-5)8(15)14-9(10)13-7/h4H,2-3H2,1H3,(H3,10,11,13,14,15). The third-order valence-corrected chi connectivity index (χ3v) is 1.87. The Kier molecular flexibility index (Phi) is 2.67. The molecular weight excluding hydrogens is 210 g/mol. The molecule has 0 aliphatic carbocycles. The topological polar surface area (TPSA) is 107 Å². The molecule has 0 radical (unpaired) electrons. The van der Waals surface area contributed by atoms with Crippen LogP contribution in [0.3, 0.4) is 0 Å². The number of rotatable bonds is 3. The van der Waals surface area contributed by atoms with E-state index in [0.717, 1.165) is 6.42 Å². The first kappa shape index (κ1) is 10.3. The van der Waals surface area contributed by atoms with Gasteiger partial charge in [-0.3, -0.25) is 9.78 Å². The maximum absolute atomic E-state index is 11.5. The van der Waals surface area contributed by atoms with Gasteiger partial charge in [0.25, 0.3) is 5.56 Å². The Morgan fingerprint density at radius 3 is 3.06 bits per heavy atom. The van der Waals surface area contributed by atoms with Gasteiger partial charge >= 0.3 is 0 Å². The molecule has 7 heteroatoms. The number of hydrogen-bond acceptors (Lipinski definition) is 6. The van der Waals surface area contributed by atoms with Crippen LogP contribution in [0.5, 0.6) is 5.88 Å². The number of aromatic amines is 1. The van der Waals surface area contributed by atoms with E-state index in [0.29, 0.717) is 12.5 Å². The van der Waals surface area contributed by atoms with E-state index in [9.17, 15) is 4.79 Å². The fourth-order valence-electron chi connectivity index (χ4n) is 1.19. The number of H-pyrrole nitrogens is 1. The predicted octanol–water partition coefficient (Wildman–Crippen LogP) is 0.0841. The average Bonchev–Trinajstić information content (AvgIpc) is 2.26. The zero-order valence-electron chi connectivity index (χ0n) is 8.73. The molecule has 0 amide bonds. The molecule has 0 saturated carbocycles. The van der Waals surface area contributed by atoms with Crippen molar-refractivity contribution in [3.8, 4) is 5.88 Å². The van der Waals surface area contributed by atoms with Crippen LogP contribution < -0.4 is 16.0 Å². The molecule has 2 rings (SSSR count). The highest BCUT2D eigenvalue weighted by molar-refractivity contribution is 5.69. The number of fused-ring (bicyclic) bond motifs is 1. The van der Waals surface area contributed by atoms with Crippen LogP contribution in [0.15, 0.2) is 11.0 Å². The molecule has 0 unspecified atom stereocenters. The van der Waals surface area contributed by atoms with Gasteiger partial charge in [0.15, 0.2) is 11.2 Å². The van der Waals surface area contributed by atoms with Crippen LogP contribution in [0.1, 0.15) is 13.3 Å². The first-order chi connectivity index (χ1) is 7.70. The van der Waals surface area contributed by atoms with E-state index in [1.54, 1.807) is 0 Å². The van der Waals surface area contributed by atoms with Crippen LogP contribution in [0.4, 0.5) is 5.95 Å². The van der Waals surface area contributed by atoms with Gasteiger partial charge in [0, 0.05) is 0 Å². The van der Waals surface area contributed by atoms with Crippen molar-refractivity contribution in [3.05, 3.63) is 16.6 Å². The van der Waals surface area contributed by atoms with Crippen LogP contribution in [-0.2, 0) is 0 Å². The molecule has 0 aliphatic rings. The molecule has 2 aromatic rings. The second kappa shape index (κ2) is 4.13. The van der Waals surface area contributed by atoms with E-state index in [2.05, 4.69) is 19.9 Å². The van der Waals surface area contributed by atoms with Crippen molar-refractivity contribution in [1.82, 2.24) is 19.9 Å². The minimum atomic E-state index is -0.419. The molecule has 0 spiro atoms. The minimum absolute atomic E-state index is 0.0222. The van der Waals surface area contributed by atoms with E-state index in [4.69, 9.17) is 10.5 Å². The number of ether oxygens (including phenoxy) is 1. The van der Waals surface area contributed by atoms with Crippen LogP contribution in [0, 0.1) is 0 Å². The van der Waals surface area contributed by atoms with E-state index >= 15 is 0 Å². The highest BCUT2D eigenvalue weighted by Gasteiger charge is 2.06. The summed E-state index contributed by atoms with van der Waals surface area (Å²) in [5.74, 6) is 0.334. The lowest BCUT2D eigenvalue weighted by Crippen LogP contribution is -2.14. The Hall–Kier alpha value is -2.18. The average molecular weight is 221 g/mol. The number of nitrogen functional groups attached to an aromatic ring is 1. The van der Waals surface area contributed by atoms with Crippen molar-refractivity contribution in [2.24, 2.45) is 0 Å². The second-order valence-corrected chi connectivity index (χ2v) is 3.18. The molecule has 2 heterocycles. The van der Waals surface area contributed by atoms with Crippen LogP contribution in [0.2, 0.25) is 0 Å². The van der Waals surface area contributed by atoms with Gasteiger partial charge in [-0.1, -0.05) is 6.92 Å². The van der Waals surface area contributed by atoms with Crippen molar-refractivity contribution >= 4 is 17.1 Å². The fourth-order valence-corrected chi connectivity index (χ4v) is 1.19. The Bertz CT molecular complexity index is 565. The van der Waals surface area contributed by atoms with Gasteiger partial charge in [-0.25, -0.2) is 9.97 Å². The molecule has 84 valence electrons. The number of hydrogen-bond donors (Lipinski definition) is 2. The minimum Gasteiger partial charge on any atom is -0.477 e. The quantitative estimate of drug-likeness (QED) is 0.760. The normalized spacial score (nSPS) is 10.6. The summed E-state index contributed by atoms with van der Waals surface area (Å²) in [7, 11) is 0. The van der Waals surface area contributed by atoms with Gasteiger partial charge < -0.3 is 10.5 Å². The number of nitrogens with zero attached hydrogens (tertiary/aromatic N) is 3. The first-order valence-corrected chi connectivity index (χ1v) is 4.86. The van der Waals surface area contributed by atoms with E-state index in [1.165, 1.54) is 6.20 Å². The fraction of sp³-hybridized carbons (Fsp3) is 0.333. The molecular formula is C9H11N5O2. The summed E-state index contributed by atoms with van der Waals surface area (Å²) < 4.78 is 5.26. The van der Waals surface area contributed by atoms with Crippen molar-refractivity contribution in [2.75, 3.05) is 12.3 Å². The lowest BCUT2D eigenvalue weighted by molar-refractivity contribution is 0.305. The van der Waals surface area contributed by atoms with Gasteiger partial charge in [0.05, 0.1) is 12.8 Å². The van der Waals surface area contributed by atoms with Gasteiger partial charge in [0.2, 0.25) is 11.8 Å². The SMILES string of the molecule is CCCOc1cnc2nc(N)[nH]c(=O)c2n1.